The Balaban J connectivity index is 1.79. The second-order valence-electron chi connectivity index (χ2n) is 5.28. The zero-order valence-electron chi connectivity index (χ0n) is 13.0. The molecule has 0 unspecified atom stereocenters. The van der Waals surface area contributed by atoms with Crippen molar-refractivity contribution in [3.05, 3.63) is 53.1 Å². The average Bonchev–Trinajstić information content (AvgIpc) is 2.46. The molecule has 0 bridgehead atoms. The van der Waals surface area contributed by atoms with Gasteiger partial charge in [0.2, 0.25) is 0 Å². The second-order valence-corrected chi connectivity index (χ2v) is 5.28. The van der Waals surface area contributed by atoms with Gasteiger partial charge in [0.25, 0.3) is 0 Å². The van der Waals surface area contributed by atoms with Crippen LogP contribution in [-0.4, -0.2) is 13.2 Å². The molecule has 21 heavy (non-hydrogen) atoms. The fraction of sp³-hybridized carbons (Fsp3) is 0.333. The predicted octanol–water partition coefficient (Wildman–Crippen LogP) is 4.04. The number of hydrogen-bond acceptors (Lipinski definition) is 3. The van der Waals surface area contributed by atoms with Crippen LogP contribution in [0.15, 0.2) is 36.4 Å². The van der Waals surface area contributed by atoms with E-state index in [1.807, 2.05) is 24.3 Å². The molecule has 2 N–H and O–H groups in total. The van der Waals surface area contributed by atoms with Crippen LogP contribution in [0.25, 0.3) is 0 Å². The van der Waals surface area contributed by atoms with Crippen molar-refractivity contribution in [1.29, 1.82) is 0 Å². The molecule has 0 spiro atoms. The highest BCUT2D eigenvalue weighted by molar-refractivity contribution is 5.44. The van der Waals surface area contributed by atoms with Crippen LogP contribution in [0.1, 0.15) is 23.1 Å². The molecule has 0 saturated carbocycles. The molecule has 0 amide bonds. The van der Waals surface area contributed by atoms with Gasteiger partial charge in [-0.2, -0.15) is 0 Å². The number of nitrogens with two attached hydrogens (primary N) is 1. The molecule has 0 aliphatic heterocycles. The van der Waals surface area contributed by atoms with Crippen LogP contribution in [-0.2, 0) is 0 Å². The first-order valence-electron chi connectivity index (χ1n) is 7.26. The Morgan fingerprint density at radius 2 is 1.62 bits per heavy atom. The van der Waals surface area contributed by atoms with E-state index in [1.54, 1.807) is 0 Å². The molecule has 0 aromatic heterocycles. The van der Waals surface area contributed by atoms with Gasteiger partial charge in [0.1, 0.15) is 11.5 Å². The van der Waals surface area contributed by atoms with E-state index in [-0.39, 0.29) is 0 Å². The van der Waals surface area contributed by atoms with E-state index in [2.05, 4.69) is 32.9 Å². The van der Waals surface area contributed by atoms with Gasteiger partial charge in [-0.1, -0.05) is 18.2 Å². The van der Waals surface area contributed by atoms with E-state index >= 15 is 0 Å². The summed E-state index contributed by atoms with van der Waals surface area (Å²) in [5.41, 5.74) is 10.1. The number of rotatable bonds is 6. The van der Waals surface area contributed by atoms with E-state index in [1.165, 1.54) is 16.7 Å². The van der Waals surface area contributed by atoms with Gasteiger partial charge in [0.15, 0.2) is 0 Å². The fourth-order valence-corrected chi connectivity index (χ4v) is 2.18. The minimum absolute atomic E-state index is 0.618. The topological polar surface area (TPSA) is 44.5 Å². The van der Waals surface area contributed by atoms with Gasteiger partial charge in [-0.05, 0) is 49.6 Å². The quantitative estimate of drug-likeness (QED) is 0.643. The van der Waals surface area contributed by atoms with Crippen LogP contribution < -0.4 is 15.2 Å². The Kier molecular flexibility index (Phi) is 5.09. The molecule has 0 aliphatic rings. The largest absolute Gasteiger partial charge is 0.493 e. The normalized spacial score (nSPS) is 10.4. The monoisotopic (exact) mass is 285 g/mol. The summed E-state index contributed by atoms with van der Waals surface area (Å²) in [6, 6.07) is 11.7. The second kappa shape index (κ2) is 7.02. The van der Waals surface area contributed by atoms with Crippen molar-refractivity contribution in [2.45, 2.75) is 27.2 Å². The standard InChI is InChI=1S/C18H23NO2/c1-13-8-9-14(2)18(15(13)3)21-11-5-10-20-17-7-4-6-16(19)12-17/h4,6-9,12H,5,10-11,19H2,1-3H3. The van der Waals surface area contributed by atoms with E-state index in [4.69, 9.17) is 15.2 Å². The molecule has 3 heteroatoms. The maximum atomic E-state index is 5.91. The lowest BCUT2D eigenvalue weighted by atomic mass is 10.1. The maximum Gasteiger partial charge on any atom is 0.125 e. The zero-order chi connectivity index (χ0) is 15.2. The van der Waals surface area contributed by atoms with Crippen LogP contribution in [0.3, 0.4) is 0 Å². The average molecular weight is 285 g/mol. The maximum absolute atomic E-state index is 5.91. The third-order valence-electron chi connectivity index (χ3n) is 3.54. The molecule has 0 fully saturated rings. The van der Waals surface area contributed by atoms with Crippen LogP contribution in [0.2, 0.25) is 0 Å². The highest BCUT2D eigenvalue weighted by Crippen LogP contribution is 2.25. The Morgan fingerprint density at radius 3 is 2.38 bits per heavy atom. The predicted molar refractivity (Wildman–Crippen MR) is 87.1 cm³/mol. The van der Waals surface area contributed by atoms with Crippen molar-refractivity contribution < 1.29 is 9.47 Å². The lowest BCUT2D eigenvalue weighted by Gasteiger charge is -2.14. The highest BCUT2D eigenvalue weighted by atomic mass is 16.5. The number of anilines is 1. The van der Waals surface area contributed by atoms with Crippen LogP contribution in [0, 0.1) is 20.8 Å². The van der Waals surface area contributed by atoms with E-state index in [0.29, 0.717) is 13.2 Å². The minimum Gasteiger partial charge on any atom is -0.493 e. The molecule has 3 nitrogen and oxygen atoms in total. The van der Waals surface area contributed by atoms with Crippen molar-refractivity contribution in [1.82, 2.24) is 0 Å². The van der Waals surface area contributed by atoms with Crippen LogP contribution >= 0.6 is 0 Å². The van der Waals surface area contributed by atoms with Crippen molar-refractivity contribution in [2.24, 2.45) is 0 Å². The molecule has 112 valence electrons. The van der Waals surface area contributed by atoms with Gasteiger partial charge in [0.05, 0.1) is 13.2 Å². The lowest BCUT2D eigenvalue weighted by molar-refractivity contribution is 0.246. The molecule has 0 heterocycles. The summed E-state index contributed by atoms with van der Waals surface area (Å²) >= 11 is 0. The van der Waals surface area contributed by atoms with E-state index in [0.717, 1.165) is 23.6 Å². The lowest BCUT2D eigenvalue weighted by Crippen LogP contribution is -2.07. The van der Waals surface area contributed by atoms with Crippen LogP contribution in [0.4, 0.5) is 5.69 Å². The molecular formula is C18H23NO2. The number of benzene rings is 2. The molecule has 2 rings (SSSR count). The molecule has 0 aliphatic carbocycles. The third kappa shape index (κ3) is 4.15. The fourth-order valence-electron chi connectivity index (χ4n) is 2.18. The molecule has 0 atom stereocenters. The zero-order valence-corrected chi connectivity index (χ0v) is 13.0. The van der Waals surface area contributed by atoms with Gasteiger partial charge in [0, 0.05) is 18.2 Å². The van der Waals surface area contributed by atoms with Gasteiger partial charge < -0.3 is 15.2 Å². The first-order valence-corrected chi connectivity index (χ1v) is 7.26. The Labute approximate surface area is 126 Å². The Morgan fingerprint density at radius 1 is 0.905 bits per heavy atom. The van der Waals surface area contributed by atoms with E-state index < -0.39 is 0 Å². The first-order chi connectivity index (χ1) is 10.1. The minimum atomic E-state index is 0.618. The summed E-state index contributed by atoms with van der Waals surface area (Å²) in [6.45, 7) is 7.54. The first kappa shape index (κ1) is 15.2. The third-order valence-corrected chi connectivity index (χ3v) is 3.54. The SMILES string of the molecule is Cc1ccc(C)c(OCCCOc2cccc(N)c2)c1C. The van der Waals surface area contributed by atoms with Gasteiger partial charge >= 0.3 is 0 Å². The van der Waals surface area contributed by atoms with Crippen molar-refractivity contribution in [2.75, 3.05) is 18.9 Å². The number of aryl methyl sites for hydroxylation is 2. The van der Waals surface area contributed by atoms with Crippen molar-refractivity contribution in [3.8, 4) is 11.5 Å². The van der Waals surface area contributed by atoms with Crippen LogP contribution in [0.5, 0.6) is 11.5 Å². The molecule has 0 saturated heterocycles. The van der Waals surface area contributed by atoms with E-state index in [9.17, 15) is 0 Å². The summed E-state index contributed by atoms with van der Waals surface area (Å²) in [4.78, 5) is 0. The number of ether oxygens (including phenoxy) is 2. The number of hydrogen-bond donors (Lipinski definition) is 1. The summed E-state index contributed by atoms with van der Waals surface area (Å²) < 4.78 is 11.6. The van der Waals surface area contributed by atoms with Crippen molar-refractivity contribution >= 4 is 5.69 Å². The summed E-state index contributed by atoms with van der Waals surface area (Å²) in [5, 5.41) is 0. The van der Waals surface area contributed by atoms with Gasteiger partial charge in [-0.3, -0.25) is 0 Å². The Bertz CT molecular complexity index is 608. The highest BCUT2D eigenvalue weighted by Gasteiger charge is 2.06. The molecule has 2 aromatic rings. The summed E-state index contributed by atoms with van der Waals surface area (Å²) in [5.74, 6) is 1.80. The molecular weight excluding hydrogens is 262 g/mol. The van der Waals surface area contributed by atoms with Gasteiger partial charge in [-0.25, -0.2) is 0 Å². The summed E-state index contributed by atoms with van der Waals surface area (Å²) in [6.07, 6.45) is 0.835. The smallest absolute Gasteiger partial charge is 0.125 e. The molecule has 0 radical (unpaired) electrons. The van der Waals surface area contributed by atoms with Crippen molar-refractivity contribution in [3.63, 3.8) is 0 Å². The Hall–Kier alpha value is -2.16. The molecule has 2 aromatic carbocycles. The number of nitrogen functional groups attached to an aromatic ring is 1. The van der Waals surface area contributed by atoms with Gasteiger partial charge in [-0.15, -0.1) is 0 Å². The summed E-state index contributed by atoms with van der Waals surface area (Å²) in [7, 11) is 0.